The maximum absolute atomic E-state index is 16.5. The molecule has 2 aliphatic rings. The molecule has 0 aliphatic carbocycles. The lowest BCUT2D eigenvalue weighted by atomic mass is 9.96. The summed E-state index contributed by atoms with van der Waals surface area (Å²) >= 11 is 6.83. The van der Waals surface area contributed by atoms with Crippen molar-refractivity contribution in [3.05, 3.63) is 40.3 Å². The van der Waals surface area contributed by atoms with Gasteiger partial charge in [0.15, 0.2) is 5.82 Å². The number of nitriles is 1. The zero-order chi connectivity index (χ0) is 25.3. The number of nitrogen functional groups attached to an aromatic ring is 1. The van der Waals surface area contributed by atoms with Gasteiger partial charge in [-0.1, -0.05) is 11.6 Å². The molecule has 2 fully saturated rings. The molecule has 0 amide bonds. The predicted octanol–water partition coefficient (Wildman–Crippen LogP) is 4.29. The van der Waals surface area contributed by atoms with Crippen molar-refractivity contribution in [2.24, 2.45) is 7.05 Å². The van der Waals surface area contributed by atoms with Gasteiger partial charge in [0.2, 0.25) is 0 Å². The summed E-state index contributed by atoms with van der Waals surface area (Å²) in [5.41, 5.74) is 9.11. The van der Waals surface area contributed by atoms with Crippen LogP contribution in [-0.4, -0.2) is 46.8 Å². The van der Waals surface area contributed by atoms with Gasteiger partial charge in [0.1, 0.15) is 17.4 Å². The molecule has 8 nitrogen and oxygen atoms in total. The Hall–Kier alpha value is -3.61. The smallest absolute Gasteiger partial charge is 0.318 e. The van der Waals surface area contributed by atoms with Gasteiger partial charge in [-0.25, -0.2) is 4.39 Å². The Morgan fingerprint density at radius 2 is 1.94 bits per heavy atom. The van der Waals surface area contributed by atoms with Gasteiger partial charge in [-0.15, -0.1) is 0 Å². The van der Waals surface area contributed by atoms with Gasteiger partial charge >= 0.3 is 6.01 Å². The van der Waals surface area contributed by atoms with E-state index in [1.54, 1.807) is 12.1 Å². The van der Waals surface area contributed by atoms with Crippen molar-refractivity contribution in [3.63, 3.8) is 0 Å². The second-order valence-corrected chi connectivity index (χ2v) is 9.98. The van der Waals surface area contributed by atoms with Crippen molar-refractivity contribution < 1.29 is 9.13 Å². The van der Waals surface area contributed by atoms with Crippen LogP contribution in [0.3, 0.4) is 0 Å². The Kier molecular flexibility index (Phi) is 5.21. The number of nitrogens with one attached hydrogen (secondary N) is 1. The summed E-state index contributed by atoms with van der Waals surface area (Å²) in [7, 11) is 3.34. The average Bonchev–Trinajstić information content (AvgIpc) is 3.33. The molecule has 10 heteroatoms. The molecule has 2 aliphatic heterocycles. The first kappa shape index (κ1) is 22.8. The monoisotopic (exact) mass is 505 g/mol. The van der Waals surface area contributed by atoms with Gasteiger partial charge in [0.05, 0.1) is 28.9 Å². The number of ether oxygens (including phenoxy) is 1. The molecular weight excluding hydrogens is 481 g/mol. The van der Waals surface area contributed by atoms with Crippen molar-refractivity contribution in [3.8, 4) is 23.2 Å². The maximum atomic E-state index is 16.5. The highest BCUT2D eigenvalue weighted by Gasteiger charge is 2.34. The summed E-state index contributed by atoms with van der Waals surface area (Å²) < 4.78 is 23.8. The molecule has 2 aromatic heterocycles. The summed E-state index contributed by atoms with van der Waals surface area (Å²) in [5, 5.41) is 14.8. The number of hydrogen-bond acceptors (Lipinski definition) is 7. The average molecular weight is 506 g/mol. The molecule has 0 radical (unpaired) electrons. The fourth-order valence-electron chi connectivity index (χ4n) is 5.79. The fraction of sp³-hybridized carbons (Fsp3) is 0.346. The molecule has 4 heterocycles. The quantitative estimate of drug-likeness (QED) is 0.400. The van der Waals surface area contributed by atoms with Crippen LogP contribution >= 0.6 is 11.6 Å². The minimum Gasteiger partial charge on any atom is -0.467 e. The molecule has 2 bridgehead atoms. The van der Waals surface area contributed by atoms with Gasteiger partial charge in [0, 0.05) is 59.8 Å². The van der Waals surface area contributed by atoms with Crippen molar-refractivity contribution in [1.29, 1.82) is 5.26 Å². The largest absolute Gasteiger partial charge is 0.467 e. The normalized spacial score (nSPS) is 19.3. The summed E-state index contributed by atoms with van der Waals surface area (Å²) in [6.07, 6.45) is 2.20. The van der Waals surface area contributed by atoms with Crippen LogP contribution in [0.25, 0.3) is 32.9 Å². The number of aryl methyl sites for hydroxylation is 1. The van der Waals surface area contributed by atoms with Crippen molar-refractivity contribution in [2.75, 3.05) is 30.8 Å². The molecule has 2 aromatic carbocycles. The summed E-state index contributed by atoms with van der Waals surface area (Å²) in [6, 6.07) is 8.26. The highest BCUT2D eigenvalue weighted by molar-refractivity contribution is 6.35. The Balaban J connectivity index is 1.65. The van der Waals surface area contributed by atoms with E-state index >= 15 is 4.39 Å². The second-order valence-electron chi connectivity index (χ2n) is 9.58. The van der Waals surface area contributed by atoms with Crippen LogP contribution in [0.15, 0.2) is 18.2 Å². The first-order valence-corrected chi connectivity index (χ1v) is 12.2. The van der Waals surface area contributed by atoms with Crippen LogP contribution in [0.5, 0.6) is 6.01 Å². The minimum absolute atomic E-state index is 0.0900. The van der Waals surface area contributed by atoms with Crippen molar-refractivity contribution in [1.82, 2.24) is 19.9 Å². The van der Waals surface area contributed by atoms with E-state index in [2.05, 4.69) is 26.3 Å². The van der Waals surface area contributed by atoms with E-state index in [0.717, 1.165) is 37.1 Å². The van der Waals surface area contributed by atoms with Crippen molar-refractivity contribution >= 4 is 44.9 Å². The molecule has 184 valence electrons. The maximum Gasteiger partial charge on any atom is 0.318 e. The van der Waals surface area contributed by atoms with E-state index in [-0.39, 0.29) is 22.1 Å². The Labute approximate surface area is 212 Å². The van der Waals surface area contributed by atoms with Gasteiger partial charge in [0.25, 0.3) is 0 Å². The zero-order valence-corrected chi connectivity index (χ0v) is 20.9. The van der Waals surface area contributed by atoms with Gasteiger partial charge in [-0.2, -0.15) is 15.2 Å². The Morgan fingerprint density at radius 1 is 1.22 bits per heavy atom. The third kappa shape index (κ3) is 3.21. The number of hydrogen-bond donors (Lipinski definition) is 2. The third-order valence-corrected chi connectivity index (χ3v) is 7.89. The molecule has 2 unspecified atom stereocenters. The lowest BCUT2D eigenvalue weighted by Crippen LogP contribution is -2.51. The molecule has 2 saturated heterocycles. The molecule has 6 rings (SSSR count). The number of aromatic nitrogens is 3. The number of nitrogens with zero attached hydrogens (tertiary/aromatic N) is 5. The minimum atomic E-state index is -0.584. The molecule has 2 atom stereocenters. The molecule has 3 N–H and O–H groups in total. The molecule has 4 aromatic rings. The first-order valence-electron chi connectivity index (χ1n) is 11.8. The van der Waals surface area contributed by atoms with Crippen LogP contribution in [-0.2, 0) is 7.05 Å². The van der Waals surface area contributed by atoms with E-state index < -0.39 is 5.82 Å². The van der Waals surface area contributed by atoms with Crippen LogP contribution in [0, 0.1) is 24.1 Å². The molecular formula is C26H25ClFN7O. The van der Waals surface area contributed by atoms with Crippen LogP contribution in [0.4, 0.5) is 15.9 Å². The third-order valence-electron chi connectivity index (χ3n) is 7.59. The second kappa shape index (κ2) is 8.22. The number of benzene rings is 2. The van der Waals surface area contributed by atoms with E-state index in [1.165, 1.54) is 7.11 Å². The van der Waals surface area contributed by atoms with Gasteiger partial charge < -0.3 is 25.3 Å². The zero-order valence-electron chi connectivity index (χ0n) is 20.2. The van der Waals surface area contributed by atoms with E-state index in [0.29, 0.717) is 45.5 Å². The highest BCUT2D eigenvalue weighted by Crippen LogP contribution is 2.45. The van der Waals surface area contributed by atoms with Crippen LogP contribution < -0.4 is 20.7 Å². The number of fused-ring (bicyclic) bond motifs is 4. The SMILES string of the molecule is COc1nc(N2CC3CCC(C2)N3)c2cc(Cl)c(-c3c(C)n(C)c4ccc(N)c(C#N)c34)c(F)c2n1. The predicted molar refractivity (Wildman–Crippen MR) is 139 cm³/mol. The molecule has 36 heavy (non-hydrogen) atoms. The van der Waals surface area contributed by atoms with E-state index in [4.69, 9.17) is 22.1 Å². The Morgan fingerprint density at radius 3 is 2.61 bits per heavy atom. The standard InChI is InChI=1S/C26H25ClFN7O/c1-12-20(21-16(9-29)18(30)6-7-19(21)34(12)2)22-17(27)8-15-24(23(22)28)32-26(36-3)33-25(15)35-10-13-4-5-14(11-35)31-13/h6-8,13-14,31H,4-5,10-11,30H2,1-3H3. The van der Waals surface area contributed by atoms with Gasteiger partial charge in [-0.05, 0) is 38.0 Å². The summed E-state index contributed by atoms with van der Waals surface area (Å²) in [6.45, 7) is 3.40. The van der Waals surface area contributed by atoms with Crippen LogP contribution in [0.2, 0.25) is 5.02 Å². The molecule has 0 saturated carbocycles. The van der Waals surface area contributed by atoms with Crippen LogP contribution in [0.1, 0.15) is 24.1 Å². The molecule has 0 spiro atoms. The lowest BCUT2D eigenvalue weighted by molar-refractivity contribution is 0.380. The first-order chi connectivity index (χ1) is 17.3. The Bertz CT molecular complexity index is 1600. The number of halogens is 2. The van der Waals surface area contributed by atoms with Gasteiger partial charge in [-0.3, -0.25) is 0 Å². The number of methoxy groups -OCH3 is 1. The number of anilines is 2. The topological polar surface area (TPSA) is 105 Å². The number of piperazine rings is 1. The fourth-order valence-corrected chi connectivity index (χ4v) is 6.07. The van der Waals surface area contributed by atoms with Crippen molar-refractivity contribution in [2.45, 2.75) is 31.8 Å². The lowest BCUT2D eigenvalue weighted by Gasteiger charge is -2.34. The number of rotatable bonds is 3. The number of nitrogens with two attached hydrogens (primary N) is 1. The van der Waals surface area contributed by atoms with E-state index in [9.17, 15) is 5.26 Å². The summed E-state index contributed by atoms with van der Waals surface area (Å²) in [5.74, 6) is 0.0265. The highest BCUT2D eigenvalue weighted by atomic mass is 35.5. The van der Waals surface area contributed by atoms with E-state index in [1.807, 2.05) is 24.6 Å². The summed E-state index contributed by atoms with van der Waals surface area (Å²) in [4.78, 5) is 11.2.